The zero-order chi connectivity index (χ0) is 19.1. The van der Waals surface area contributed by atoms with E-state index in [4.69, 9.17) is 0 Å². The molecular weight excluding hydrogens is 362 g/mol. The van der Waals surface area contributed by atoms with Crippen molar-refractivity contribution in [2.75, 3.05) is 17.6 Å². The highest BCUT2D eigenvalue weighted by Gasteiger charge is 2.11. The molecule has 0 unspecified atom stereocenters. The van der Waals surface area contributed by atoms with Gasteiger partial charge in [0.25, 0.3) is 5.91 Å². The first kappa shape index (κ1) is 18.7. The van der Waals surface area contributed by atoms with E-state index in [9.17, 15) is 9.59 Å². The number of amides is 2. The number of hydrogen-bond acceptors (Lipinski definition) is 6. The molecule has 0 aliphatic heterocycles. The third-order valence-electron chi connectivity index (χ3n) is 3.61. The van der Waals surface area contributed by atoms with Crippen LogP contribution in [0.5, 0.6) is 0 Å². The molecule has 2 amide bonds. The molecule has 1 heterocycles. The Balaban J connectivity index is 1.59. The predicted octanol–water partition coefficient (Wildman–Crippen LogP) is 2.61. The van der Waals surface area contributed by atoms with Gasteiger partial charge in [0.05, 0.1) is 11.3 Å². The smallest absolute Gasteiger partial charge is 0.269 e. The predicted molar refractivity (Wildman–Crippen MR) is 106 cm³/mol. The monoisotopic (exact) mass is 381 g/mol. The molecule has 3 N–H and O–H groups in total. The van der Waals surface area contributed by atoms with E-state index >= 15 is 0 Å². The number of carbonyl (C=O) groups excluding carboxylic acids is 2. The molecule has 1 aromatic heterocycles. The average Bonchev–Trinajstić information content (AvgIpc) is 2.71. The van der Waals surface area contributed by atoms with Crippen LogP contribution in [-0.4, -0.2) is 34.1 Å². The van der Waals surface area contributed by atoms with Crippen molar-refractivity contribution in [2.24, 2.45) is 0 Å². The molecule has 2 aromatic carbocycles. The molecule has 0 aliphatic carbocycles. The molecule has 138 valence electrons. The third kappa shape index (κ3) is 4.95. The molecule has 0 fully saturated rings. The van der Waals surface area contributed by atoms with Crippen LogP contribution in [-0.2, 0) is 4.79 Å². The van der Waals surface area contributed by atoms with E-state index in [1.807, 2.05) is 37.3 Å². The van der Waals surface area contributed by atoms with Crippen molar-refractivity contribution in [1.82, 2.24) is 20.8 Å². The normalized spacial score (nSPS) is 10.4. The van der Waals surface area contributed by atoms with Crippen molar-refractivity contribution in [3.05, 3.63) is 60.2 Å². The van der Waals surface area contributed by atoms with Gasteiger partial charge in [0.2, 0.25) is 5.91 Å². The lowest BCUT2D eigenvalue weighted by molar-refractivity contribution is -0.119. The number of benzene rings is 2. The summed E-state index contributed by atoms with van der Waals surface area (Å²) >= 11 is 1.21. The van der Waals surface area contributed by atoms with Gasteiger partial charge in [-0.3, -0.25) is 20.4 Å². The molecule has 0 spiro atoms. The zero-order valence-electron chi connectivity index (χ0n) is 14.7. The molecule has 7 nitrogen and oxygen atoms in total. The van der Waals surface area contributed by atoms with E-state index in [-0.39, 0.29) is 17.6 Å². The molecule has 0 bridgehead atoms. The second-order valence-electron chi connectivity index (χ2n) is 5.56. The van der Waals surface area contributed by atoms with Crippen LogP contribution in [0.25, 0.3) is 10.9 Å². The topological polar surface area (TPSA) is 96.0 Å². The Morgan fingerprint density at radius 3 is 2.48 bits per heavy atom. The average molecular weight is 381 g/mol. The number of nitrogens with one attached hydrogen (secondary N) is 3. The Kier molecular flexibility index (Phi) is 6.22. The quantitative estimate of drug-likeness (QED) is 0.345. The zero-order valence-corrected chi connectivity index (χ0v) is 15.5. The largest absolute Gasteiger partial charge is 0.370 e. The summed E-state index contributed by atoms with van der Waals surface area (Å²) in [5.74, 6) is 0.110. The summed E-state index contributed by atoms with van der Waals surface area (Å²) in [6.45, 7) is 2.73. The van der Waals surface area contributed by atoms with E-state index < -0.39 is 0 Å². The van der Waals surface area contributed by atoms with Crippen molar-refractivity contribution >= 4 is 40.3 Å². The van der Waals surface area contributed by atoms with Gasteiger partial charge < -0.3 is 5.32 Å². The Morgan fingerprint density at radius 2 is 1.70 bits per heavy atom. The van der Waals surface area contributed by atoms with Gasteiger partial charge in [0.1, 0.15) is 5.82 Å². The maximum absolute atomic E-state index is 12.0. The molecule has 0 aliphatic rings. The highest BCUT2D eigenvalue weighted by atomic mass is 32.2. The van der Waals surface area contributed by atoms with Gasteiger partial charge in [-0.15, -0.1) is 0 Å². The number of hydrogen-bond donors (Lipinski definition) is 3. The summed E-state index contributed by atoms with van der Waals surface area (Å²) in [6.07, 6.45) is 0. The van der Waals surface area contributed by atoms with Crippen LogP contribution in [0.2, 0.25) is 0 Å². The standard InChI is InChI=1S/C19H19N5O2S/c1-2-20-17-14-10-6-7-11-15(14)21-19(22-17)27-12-16(25)23-24-18(26)13-8-4-3-5-9-13/h3-11H,2,12H2,1H3,(H,23,25)(H,24,26)(H,20,21,22). The van der Waals surface area contributed by atoms with Gasteiger partial charge in [0, 0.05) is 17.5 Å². The summed E-state index contributed by atoms with van der Waals surface area (Å²) < 4.78 is 0. The van der Waals surface area contributed by atoms with Gasteiger partial charge in [-0.25, -0.2) is 9.97 Å². The van der Waals surface area contributed by atoms with Crippen LogP contribution < -0.4 is 16.2 Å². The van der Waals surface area contributed by atoms with Crippen molar-refractivity contribution in [1.29, 1.82) is 0 Å². The van der Waals surface area contributed by atoms with Crippen molar-refractivity contribution in [2.45, 2.75) is 12.1 Å². The Bertz CT molecular complexity index is 949. The minimum Gasteiger partial charge on any atom is -0.370 e. The van der Waals surface area contributed by atoms with Crippen LogP contribution in [0.1, 0.15) is 17.3 Å². The molecular formula is C19H19N5O2S. The van der Waals surface area contributed by atoms with Crippen LogP contribution in [0.3, 0.4) is 0 Å². The first-order valence-electron chi connectivity index (χ1n) is 8.45. The van der Waals surface area contributed by atoms with Gasteiger partial charge in [0.15, 0.2) is 5.16 Å². The van der Waals surface area contributed by atoms with Gasteiger partial charge in [-0.05, 0) is 31.2 Å². The SMILES string of the molecule is CCNc1nc(SCC(=O)NNC(=O)c2ccccc2)nc2ccccc12. The fourth-order valence-electron chi connectivity index (χ4n) is 2.38. The lowest BCUT2D eigenvalue weighted by atomic mass is 10.2. The number of carbonyl (C=O) groups is 2. The maximum atomic E-state index is 12.0. The van der Waals surface area contributed by atoms with Crippen molar-refractivity contribution < 1.29 is 9.59 Å². The van der Waals surface area contributed by atoms with E-state index in [2.05, 4.69) is 26.1 Å². The van der Waals surface area contributed by atoms with Gasteiger partial charge >= 0.3 is 0 Å². The van der Waals surface area contributed by atoms with Crippen molar-refractivity contribution in [3.8, 4) is 0 Å². The first-order chi connectivity index (χ1) is 13.2. The van der Waals surface area contributed by atoms with E-state index in [1.165, 1.54) is 11.8 Å². The summed E-state index contributed by atoms with van der Waals surface area (Å²) in [5, 5.41) is 4.64. The number of fused-ring (bicyclic) bond motifs is 1. The summed E-state index contributed by atoms with van der Waals surface area (Å²) in [7, 11) is 0. The van der Waals surface area contributed by atoms with Crippen LogP contribution in [0.4, 0.5) is 5.82 Å². The molecule has 27 heavy (non-hydrogen) atoms. The Hall–Kier alpha value is -3.13. The third-order valence-corrected chi connectivity index (χ3v) is 4.46. The highest BCUT2D eigenvalue weighted by Crippen LogP contribution is 2.24. The van der Waals surface area contributed by atoms with Crippen LogP contribution in [0.15, 0.2) is 59.8 Å². The molecule has 0 saturated heterocycles. The fourth-order valence-corrected chi connectivity index (χ4v) is 3.03. The molecule has 3 aromatic rings. The van der Waals surface area contributed by atoms with Gasteiger partial charge in [-0.1, -0.05) is 42.1 Å². The second-order valence-corrected chi connectivity index (χ2v) is 6.50. The Labute approximate surface area is 161 Å². The van der Waals surface area contributed by atoms with Crippen LogP contribution in [0, 0.1) is 0 Å². The molecule has 0 atom stereocenters. The number of nitrogens with zero attached hydrogens (tertiary/aromatic N) is 2. The Morgan fingerprint density at radius 1 is 0.963 bits per heavy atom. The minimum absolute atomic E-state index is 0.0823. The molecule has 8 heteroatoms. The lowest BCUT2D eigenvalue weighted by Crippen LogP contribution is -2.42. The number of anilines is 1. The fraction of sp³-hybridized carbons (Fsp3) is 0.158. The van der Waals surface area contributed by atoms with Crippen molar-refractivity contribution in [3.63, 3.8) is 0 Å². The number of rotatable bonds is 6. The first-order valence-corrected chi connectivity index (χ1v) is 9.43. The second kappa shape index (κ2) is 9.00. The van der Waals surface area contributed by atoms with E-state index in [0.717, 1.165) is 23.3 Å². The number of aromatic nitrogens is 2. The molecule has 0 saturated carbocycles. The summed E-state index contributed by atoms with van der Waals surface area (Å²) in [4.78, 5) is 32.9. The summed E-state index contributed by atoms with van der Waals surface area (Å²) in [6, 6.07) is 16.4. The highest BCUT2D eigenvalue weighted by molar-refractivity contribution is 7.99. The molecule has 3 rings (SSSR count). The minimum atomic E-state index is -0.370. The number of para-hydroxylation sites is 1. The van der Waals surface area contributed by atoms with E-state index in [0.29, 0.717) is 10.7 Å². The van der Waals surface area contributed by atoms with E-state index in [1.54, 1.807) is 24.3 Å². The van der Waals surface area contributed by atoms with Crippen LogP contribution >= 0.6 is 11.8 Å². The number of thioether (sulfide) groups is 1. The number of hydrazine groups is 1. The summed E-state index contributed by atoms with van der Waals surface area (Å²) in [5.41, 5.74) is 6.07. The van der Waals surface area contributed by atoms with Gasteiger partial charge in [-0.2, -0.15) is 0 Å². The maximum Gasteiger partial charge on any atom is 0.269 e. The lowest BCUT2D eigenvalue weighted by Gasteiger charge is -2.09. The molecule has 0 radical (unpaired) electrons.